The molecule has 0 amide bonds. The van der Waals surface area contributed by atoms with Gasteiger partial charge in [0.25, 0.3) is 0 Å². The first-order valence-electron chi connectivity index (χ1n) is 4.47. The predicted octanol–water partition coefficient (Wildman–Crippen LogP) is 1.92. The van der Waals surface area contributed by atoms with Crippen molar-refractivity contribution in [2.45, 2.75) is 45.6 Å². The summed E-state index contributed by atoms with van der Waals surface area (Å²) in [7, 11) is -3.04. The highest BCUT2D eigenvalue weighted by Gasteiger charge is 2.35. The molecule has 0 aliphatic carbocycles. The van der Waals surface area contributed by atoms with Crippen LogP contribution < -0.4 is 0 Å². The molecular weight excluding hydrogens is 191 g/mol. The molecule has 78 valence electrons. The Morgan fingerprint density at radius 1 is 1.38 bits per heavy atom. The maximum absolute atomic E-state index is 11.5. The number of rotatable bonds is 6. The maximum Gasteiger partial charge on any atom is 0.317 e. The second kappa shape index (κ2) is 5.53. The maximum atomic E-state index is 11.5. The Hall–Kier alpha value is -0.180. The molecule has 0 aliphatic heterocycles. The molecule has 0 fully saturated rings. The standard InChI is InChI=1S/C8H17O4P/c1-4-7(9)8(5-2,6-3)12-13(10)11/h13H,4-6H2,1-3H3,(H,10,11). The third kappa shape index (κ3) is 3.22. The summed E-state index contributed by atoms with van der Waals surface area (Å²) in [5.41, 5.74) is -1.04. The summed E-state index contributed by atoms with van der Waals surface area (Å²) in [5.74, 6) is -0.107. The van der Waals surface area contributed by atoms with Crippen molar-refractivity contribution in [2.24, 2.45) is 0 Å². The van der Waals surface area contributed by atoms with Gasteiger partial charge in [-0.15, -0.1) is 0 Å². The first-order valence-corrected chi connectivity index (χ1v) is 5.74. The van der Waals surface area contributed by atoms with Crippen molar-refractivity contribution in [3.05, 3.63) is 0 Å². The summed E-state index contributed by atoms with van der Waals surface area (Å²) >= 11 is 0. The van der Waals surface area contributed by atoms with Crippen molar-refractivity contribution in [1.82, 2.24) is 0 Å². The van der Waals surface area contributed by atoms with Crippen LogP contribution in [0.4, 0.5) is 0 Å². The minimum absolute atomic E-state index is 0.107. The molecule has 0 aromatic carbocycles. The van der Waals surface area contributed by atoms with Crippen LogP contribution in [0.15, 0.2) is 0 Å². The number of Topliss-reactive ketones (excluding diaryl/α,β-unsaturated/α-hetero) is 1. The molecule has 5 heteroatoms. The first kappa shape index (κ1) is 12.8. The Labute approximate surface area is 79.2 Å². The van der Waals surface area contributed by atoms with E-state index >= 15 is 0 Å². The predicted molar refractivity (Wildman–Crippen MR) is 50.9 cm³/mol. The van der Waals surface area contributed by atoms with Crippen LogP contribution in [0.3, 0.4) is 0 Å². The van der Waals surface area contributed by atoms with E-state index in [0.29, 0.717) is 19.3 Å². The third-order valence-corrected chi connectivity index (χ3v) is 2.82. The van der Waals surface area contributed by atoms with E-state index in [2.05, 4.69) is 0 Å². The average Bonchev–Trinajstić information content (AvgIpc) is 2.12. The van der Waals surface area contributed by atoms with Crippen LogP contribution in [-0.4, -0.2) is 16.3 Å². The van der Waals surface area contributed by atoms with E-state index in [4.69, 9.17) is 9.42 Å². The van der Waals surface area contributed by atoms with Crippen LogP contribution in [-0.2, 0) is 13.9 Å². The van der Waals surface area contributed by atoms with Crippen LogP contribution >= 0.6 is 8.25 Å². The summed E-state index contributed by atoms with van der Waals surface area (Å²) in [6, 6.07) is 0. The van der Waals surface area contributed by atoms with Crippen LogP contribution in [0.1, 0.15) is 40.0 Å². The molecule has 4 nitrogen and oxygen atoms in total. The molecule has 0 saturated carbocycles. The van der Waals surface area contributed by atoms with Crippen molar-refractivity contribution in [1.29, 1.82) is 0 Å². The van der Waals surface area contributed by atoms with Gasteiger partial charge >= 0.3 is 8.25 Å². The fourth-order valence-electron chi connectivity index (χ4n) is 1.33. The highest BCUT2D eigenvalue weighted by Crippen LogP contribution is 2.33. The lowest BCUT2D eigenvalue weighted by molar-refractivity contribution is -0.135. The lowest BCUT2D eigenvalue weighted by Gasteiger charge is -2.28. The fourth-order valence-corrected chi connectivity index (χ4v) is 2.07. The molecule has 1 atom stereocenters. The summed E-state index contributed by atoms with van der Waals surface area (Å²) in [6.45, 7) is 5.28. The molecule has 0 aromatic heterocycles. The Bertz CT molecular complexity index is 198. The van der Waals surface area contributed by atoms with E-state index in [1.807, 2.05) is 0 Å². The number of carbonyl (C=O) groups is 1. The van der Waals surface area contributed by atoms with Gasteiger partial charge in [0.05, 0.1) is 0 Å². The van der Waals surface area contributed by atoms with E-state index in [9.17, 15) is 9.36 Å². The van der Waals surface area contributed by atoms with Gasteiger partial charge in [-0.05, 0) is 12.8 Å². The lowest BCUT2D eigenvalue weighted by atomic mass is 9.91. The zero-order valence-electron chi connectivity index (χ0n) is 8.29. The monoisotopic (exact) mass is 208 g/mol. The van der Waals surface area contributed by atoms with Gasteiger partial charge < -0.3 is 4.89 Å². The van der Waals surface area contributed by atoms with Crippen LogP contribution in [0, 0.1) is 0 Å². The number of carbonyl (C=O) groups excluding carboxylic acids is 1. The van der Waals surface area contributed by atoms with Crippen LogP contribution in [0.2, 0.25) is 0 Å². The highest BCUT2D eigenvalue weighted by atomic mass is 31.1. The molecule has 0 radical (unpaired) electrons. The van der Waals surface area contributed by atoms with Crippen molar-refractivity contribution >= 4 is 14.0 Å². The highest BCUT2D eigenvalue weighted by molar-refractivity contribution is 7.32. The Morgan fingerprint density at radius 2 is 1.85 bits per heavy atom. The normalized spacial score (nSPS) is 14.2. The lowest BCUT2D eigenvalue weighted by Crippen LogP contribution is -2.38. The van der Waals surface area contributed by atoms with Gasteiger partial charge in [0.1, 0.15) is 5.60 Å². The Balaban J connectivity index is 4.68. The van der Waals surface area contributed by atoms with Gasteiger partial charge in [0, 0.05) is 6.42 Å². The fraction of sp³-hybridized carbons (Fsp3) is 0.875. The summed E-state index contributed by atoms with van der Waals surface area (Å²) in [5, 5.41) is 0. The second-order valence-electron chi connectivity index (χ2n) is 2.85. The van der Waals surface area contributed by atoms with Gasteiger partial charge in [0.2, 0.25) is 0 Å². The second-order valence-corrected chi connectivity index (χ2v) is 3.58. The topological polar surface area (TPSA) is 63.6 Å². The number of hydrogen-bond donors (Lipinski definition) is 1. The van der Waals surface area contributed by atoms with Crippen LogP contribution in [0.5, 0.6) is 0 Å². The third-order valence-electron chi connectivity index (χ3n) is 2.25. The molecule has 1 N–H and O–H groups in total. The minimum Gasteiger partial charge on any atom is -0.326 e. The molecule has 0 rings (SSSR count). The van der Waals surface area contributed by atoms with Crippen molar-refractivity contribution < 1.29 is 18.8 Å². The molecule has 0 heterocycles. The van der Waals surface area contributed by atoms with Crippen molar-refractivity contribution in [3.8, 4) is 0 Å². The number of hydrogen-bond acceptors (Lipinski definition) is 3. The van der Waals surface area contributed by atoms with Crippen molar-refractivity contribution in [3.63, 3.8) is 0 Å². The molecule has 0 bridgehead atoms. The minimum atomic E-state index is -3.04. The summed E-state index contributed by atoms with van der Waals surface area (Å²) < 4.78 is 15.4. The van der Waals surface area contributed by atoms with Gasteiger partial charge in [0.15, 0.2) is 5.78 Å². The van der Waals surface area contributed by atoms with Gasteiger partial charge in [-0.2, -0.15) is 0 Å². The molecule has 0 aliphatic rings. The molecule has 13 heavy (non-hydrogen) atoms. The molecule has 1 unspecified atom stereocenters. The Morgan fingerprint density at radius 3 is 2.08 bits per heavy atom. The first-order chi connectivity index (χ1) is 6.02. The molecule has 0 spiro atoms. The van der Waals surface area contributed by atoms with Crippen LogP contribution in [0.25, 0.3) is 0 Å². The molecule has 0 aromatic rings. The molecule has 0 saturated heterocycles. The largest absolute Gasteiger partial charge is 0.326 e. The van der Waals surface area contributed by atoms with E-state index in [0.717, 1.165) is 0 Å². The molecular formula is C8H17O4P. The number of ketones is 1. The van der Waals surface area contributed by atoms with Crippen molar-refractivity contribution in [2.75, 3.05) is 0 Å². The van der Waals surface area contributed by atoms with Gasteiger partial charge in [-0.1, -0.05) is 20.8 Å². The zero-order valence-corrected chi connectivity index (χ0v) is 9.29. The quantitative estimate of drug-likeness (QED) is 0.677. The smallest absolute Gasteiger partial charge is 0.317 e. The van der Waals surface area contributed by atoms with E-state index < -0.39 is 13.9 Å². The summed E-state index contributed by atoms with van der Waals surface area (Å²) in [6.07, 6.45) is 1.21. The van der Waals surface area contributed by atoms with Gasteiger partial charge in [-0.25, -0.2) is 0 Å². The Kier molecular flexibility index (Phi) is 5.45. The van der Waals surface area contributed by atoms with E-state index in [1.54, 1.807) is 20.8 Å². The zero-order chi connectivity index (χ0) is 10.5. The summed E-state index contributed by atoms with van der Waals surface area (Å²) in [4.78, 5) is 20.1. The van der Waals surface area contributed by atoms with E-state index in [-0.39, 0.29) is 5.78 Å². The van der Waals surface area contributed by atoms with Gasteiger partial charge in [-0.3, -0.25) is 13.9 Å². The van der Waals surface area contributed by atoms with E-state index in [1.165, 1.54) is 0 Å². The SMILES string of the molecule is CCC(=O)C(CC)(CC)O[PH](=O)O. The average molecular weight is 208 g/mol.